The standard InChI is InChI=1S/C54H93N9O11/c1-12-35(6)47(53(70)58-37(8)49(66)59-42(30-38-22-16-14-17-23-38)51(68)63-48(36(7)13-2)54(71)74-11)62-52(69)46(33(3)4)61-45(65)32-40(73-10)29-34(5)28-39(72-9)31-44(64)57-27-20-15-18-24-41(55)50(67)60-43-25-19-21-26-56-43/h14,16-17,22-23,33-37,39-43,46-48,56H,12-13,15,18-21,24-32,55H2,1-11H3,(H,57,64)(H,58,70)(H,59,66)(H,60,67)(H,61,65)(H,62,69)(H,63,68)/p+1/t34?,35-,36-,37-,39?,40?,41?,42+,43?,46-,47-,48-/m0/s1. The number of carbonyl (C=O) groups is 8. The number of rotatable bonds is 35. The van der Waals surface area contributed by atoms with Crippen molar-refractivity contribution in [3.8, 4) is 0 Å². The number of nitrogens with one attached hydrogen (secondary N) is 8. The van der Waals surface area contributed by atoms with Gasteiger partial charge in [0.15, 0.2) is 6.04 Å². The van der Waals surface area contributed by atoms with E-state index in [1.54, 1.807) is 40.0 Å². The fourth-order valence-corrected chi connectivity index (χ4v) is 8.81. The molecule has 5 unspecified atom stereocenters. The number of hydrogen-bond donors (Lipinski definition) is 9. The number of esters is 1. The molecule has 74 heavy (non-hydrogen) atoms. The summed E-state index contributed by atoms with van der Waals surface area (Å²) in [5, 5.41) is 23.2. The summed E-state index contributed by atoms with van der Waals surface area (Å²) in [6, 6.07) is 3.46. The van der Waals surface area contributed by atoms with E-state index >= 15 is 0 Å². The molecule has 1 heterocycles. The summed E-state index contributed by atoms with van der Waals surface area (Å²) >= 11 is 0. The minimum Gasteiger partial charge on any atom is -0.467 e. The molecule has 0 bridgehead atoms. The molecule has 420 valence electrons. The van der Waals surface area contributed by atoms with Crippen LogP contribution < -0.4 is 48.3 Å². The Kier molecular flexibility index (Phi) is 30.8. The highest BCUT2D eigenvalue weighted by atomic mass is 16.5. The smallest absolute Gasteiger partial charge is 0.328 e. The minimum atomic E-state index is -1.14. The van der Waals surface area contributed by atoms with Crippen LogP contribution in [0.4, 0.5) is 0 Å². The number of hydrogen-bond acceptors (Lipinski definition) is 12. The SMILES string of the molecule is CC[C@H](C)[C@H](NC(=O)[C@@H](NC(=O)CC(CC(C)CC(CC(=O)NCCCCCC([NH3+])C(=O)NC1CCCCN1)OC)OC)C(C)C)C(=O)N[C@@H](C)C(=O)N[C@H](Cc1ccccc1)C(=O)N[C@H](C(=O)OC)[C@@H](C)CC. The van der Waals surface area contributed by atoms with E-state index < -0.39 is 71.8 Å². The normalized spacial score (nSPS) is 18.0. The molecule has 0 saturated carbocycles. The molecular formula is C54H94N9O11+. The first-order valence-electron chi connectivity index (χ1n) is 27.0. The molecule has 1 aliphatic heterocycles. The molecule has 0 spiro atoms. The van der Waals surface area contributed by atoms with E-state index in [4.69, 9.17) is 14.2 Å². The molecule has 0 radical (unpaired) electrons. The second-order valence-electron chi connectivity index (χ2n) is 20.6. The molecule has 20 heteroatoms. The molecule has 1 aromatic rings. The van der Waals surface area contributed by atoms with Crippen LogP contribution in [0.15, 0.2) is 30.3 Å². The summed E-state index contributed by atoms with van der Waals surface area (Å²) in [5.41, 5.74) is 4.79. The van der Waals surface area contributed by atoms with Gasteiger partial charge in [-0.3, -0.25) is 38.9 Å². The number of piperidine rings is 1. The maximum atomic E-state index is 13.9. The maximum absolute atomic E-state index is 13.9. The van der Waals surface area contributed by atoms with Gasteiger partial charge in [0.1, 0.15) is 30.2 Å². The first-order valence-corrected chi connectivity index (χ1v) is 27.0. The molecule has 1 aliphatic rings. The highest BCUT2D eigenvalue weighted by Crippen LogP contribution is 2.21. The van der Waals surface area contributed by atoms with Gasteiger partial charge < -0.3 is 57.2 Å². The molecule has 1 aromatic carbocycles. The number of unbranched alkanes of at least 4 members (excludes halogenated alkanes) is 2. The number of methoxy groups -OCH3 is 3. The number of ether oxygens (including phenoxy) is 3. The monoisotopic (exact) mass is 1040 g/mol. The molecule has 0 aliphatic carbocycles. The lowest BCUT2D eigenvalue weighted by Crippen LogP contribution is -2.69. The topological polar surface area (TPSA) is 288 Å². The van der Waals surface area contributed by atoms with Gasteiger partial charge in [-0.25, -0.2) is 4.79 Å². The maximum Gasteiger partial charge on any atom is 0.328 e. The molecule has 0 aromatic heterocycles. The van der Waals surface area contributed by atoms with Crippen LogP contribution in [0.25, 0.3) is 0 Å². The Labute approximate surface area is 440 Å². The van der Waals surface area contributed by atoms with Gasteiger partial charge in [0.05, 0.1) is 38.3 Å². The Bertz CT molecular complexity index is 1890. The Morgan fingerprint density at radius 2 is 1.26 bits per heavy atom. The summed E-state index contributed by atoms with van der Waals surface area (Å²) in [7, 11) is 4.32. The van der Waals surface area contributed by atoms with Gasteiger partial charge in [-0.1, -0.05) is 98.1 Å². The third-order valence-corrected chi connectivity index (χ3v) is 14.1. The van der Waals surface area contributed by atoms with E-state index in [1.807, 2.05) is 45.9 Å². The van der Waals surface area contributed by atoms with Gasteiger partial charge in [0, 0.05) is 33.6 Å². The molecule has 1 saturated heterocycles. The third-order valence-electron chi connectivity index (χ3n) is 14.1. The highest BCUT2D eigenvalue weighted by Gasteiger charge is 2.35. The van der Waals surface area contributed by atoms with E-state index in [9.17, 15) is 38.4 Å². The molecule has 2 rings (SSSR count). The van der Waals surface area contributed by atoms with Gasteiger partial charge in [-0.15, -0.1) is 0 Å². The van der Waals surface area contributed by atoms with Crippen LogP contribution in [-0.2, 0) is 59.0 Å². The van der Waals surface area contributed by atoms with Crippen molar-refractivity contribution in [1.29, 1.82) is 0 Å². The lowest BCUT2D eigenvalue weighted by Gasteiger charge is -2.29. The Morgan fingerprint density at radius 1 is 0.662 bits per heavy atom. The van der Waals surface area contributed by atoms with Crippen LogP contribution in [0.3, 0.4) is 0 Å². The zero-order valence-electron chi connectivity index (χ0n) is 46.4. The largest absolute Gasteiger partial charge is 0.467 e. The van der Waals surface area contributed by atoms with Crippen molar-refractivity contribution in [2.24, 2.45) is 23.7 Å². The zero-order chi connectivity index (χ0) is 55.3. The second-order valence-corrected chi connectivity index (χ2v) is 20.6. The minimum absolute atomic E-state index is 0.0103. The van der Waals surface area contributed by atoms with Crippen LogP contribution in [0, 0.1) is 23.7 Å². The Morgan fingerprint density at radius 3 is 1.82 bits per heavy atom. The summed E-state index contributed by atoms with van der Waals surface area (Å²) in [6.07, 6.45) is 7.84. The summed E-state index contributed by atoms with van der Waals surface area (Å²) in [6.45, 7) is 15.8. The van der Waals surface area contributed by atoms with Crippen LogP contribution in [0.2, 0.25) is 0 Å². The number of benzene rings is 1. The average Bonchev–Trinajstić information content (AvgIpc) is 3.38. The third kappa shape index (κ3) is 24.0. The van der Waals surface area contributed by atoms with Crippen molar-refractivity contribution in [2.45, 2.75) is 200 Å². The number of quaternary nitrogens is 1. The molecule has 11 N–H and O–H groups in total. The van der Waals surface area contributed by atoms with Gasteiger partial charge >= 0.3 is 5.97 Å². The molecule has 12 atom stereocenters. The molecule has 1 fully saturated rings. The summed E-state index contributed by atoms with van der Waals surface area (Å²) in [5.74, 6) is -4.62. The predicted molar refractivity (Wildman–Crippen MR) is 282 cm³/mol. The number of amides is 7. The first kappa shape index (κ1) is 64.9. The fraction of sp³-hybridized carbons (Fsp3) is 0.741. The van der Waals surface area contributed by atoms with E-state index in [-0.39, 0.29) is 73.1 Å². The van der Waals surface area contributed by atoms with Crippen LogP contribution in [0.5, 0.6) is 0 Å². The lowest BCUT2D eigenvalue weighted by atomic mass is 9.93. The number of carbonyl (C=O) groups excluding carboxylic acids is 8. The van der Waals surface area contributed by atoms with E-state index in [0.29, 0.717) is 38.6 Å². The van der Waals surface area contributed by atoms with Gasteiger partial charge in [-0.05, 0) is 87.6 Å². The first-order chi connectivity index (χ1) is 35.2. The molecule has 7 amide bonds. The van der Waals surface area contributed by atoms with Crippen molar-refractivity contribution in [3.63, 3.8) is 0 Å². The fourth-order valence-electron chi connectivity index (χ4n) is 8.81. The quantitative estimate of drug-likeness (QED) is 0.0350. The van der Waals surface area contributed by atoms with E-state index in [0.717, 1.165) is 50.6 Å². The van der Waals surface area contributed by atoms with Crippen LogP contribution in [-0.4, -0.2) is 136 Å². The van der Waals surface area contributed by atoms with E-state index in [2.05, 4.69) is 48.3 Å². The zero-order valence-corrected chi connectivity index (χ0v) is 46.4. The summed E-state index contributed by atoms with van der Waals surface area (Å²) in [4.78, 5) is 107. The van der Waals surface area contributed by atoms with Gasteiger partial charge in [0.2, 0.25) is 35.4 Å². The second kappa shape index (κ2) is 35.1. The van der Waals surface area contributed by atoms with Gasteiger partial charge in [-0.2, -0.15) is 0 Å². The van der Waals surface area contributed by atoms with Crippen molar-refractivity contribution in [3.05, 3.63) is 35.9 Å². The molecule has 20 nitrogen and oxygen atoms in total. The summed E-state index contributed by atoms with van der Waals surface area (Å²) < 4.78 is 16.3. The Balaban J connectivity index is 1.95. The van der Waals surface area contributed by atoms with Crippen molar-refractivity contribution >= 4 is 47.3 Å². The van der Waals surface area contributed by atoms with E-state index in [1.165, 1.54) is 21.1 Å². The van der Waals surface area contributed by atoms with Crippen molar-refractivity contribution in [1.82, 2.24) is 42.5 Å². The van der Waals surface area contributed by atoms with Crippen molar-refractivity contribution < 1.29 is 58.3 Å². The molecular weight excluding hydrogens is 951 g/mol. The lowest BCUT2D eigenvalue weighted by molar-refractivity contribution is -0.405. The van der Waals surface area contributed by atoms with Crippen LogP contribution >= 0.6 is 0 Å². The van der Waals surface area contributed by atoms with Crippen LogP contribution in [0.1, 0.15) is 144 Å². The van der Waals surface area contributed by atoms with Crippen molar-refractivity contribution in [2.75, 3.05) is 34.4 Å². The average molecular weight is 1050 g/mol. The predicted octanol–water partition coefficient (Wildman–Crippen LogP) is 2.32. The highest BCUT2D eigenvalue weighted by molar-refractivity contribution is 5.96. The van der Waals surface area contributed by atoms with Gasteiger partial charge in [0.25, 0.3) is 5.91 Å². The Hall–Kier alpha value is -5.18.